The van der Waals surface area contributed by atoms with E-state index in [1.165, 1.54) is 0 Å². The maximum atomic E-state index is 12.0. The van der Waals surface area contributed by atoms with Crippen molar-refractivity contribution in [2.75, 3.05) is 5.75 Å². The van der Waals surface area contributed by atoms with Crippen molar-refractivity contribution in [3.05, 3.63) is 40.7 Å². The monoisotopic (exact) mass is 219 g/mol. The summed E-state index contributed by atoms with van der Waals surface area (Å²) in [6.07, 6.45) is 0. The van der Waals surface area contributed by atoms with Crippen molar-refractivity contribution in [3.8, 4) is 0 Å². The summed E-state index contributed by atoms with van der Waals surface area (Å²) < 4.78 is 1.72. The van der Waals surface area contributed by atoms with Gasteiger partial charge in [0.25, 0.3) is 5.56 Å². The number of benzene rings is 1. The average Bonchev–Trinajstić information content (AvgIpc) is 2.26. The van der Waals surface area contributed by atoms with Gasteiger partial charge in [0.2, 0.25) is 0 Å². The minimum Gasteiger partial charge on any atom is -0.306 e. The molecular weight excluding hydrogens is 206 g/mol. The van der Waals surface area contributed by atoms with E-state index in [9.17, 15) is 4.79 Å². The maximum Gasteiger partial charge on any atom is 0.259 e. The molecule has 0 spiro atoms. The average molecular weight is 219 g/mol. The summed E-state index contributed by atoms with van der Waals surface area (Å²) in [5.74, 6) is 0.978. The van der Waals surface area contributed by atoms with E-state index in [1.54, 1.807) is 16.3 Å². The maximum absolute atomic E-state index is 12.0. The van der Waals surface area contributed by atoms with E-state index >= 15 is 0 Å². The van der Waals surface area contributed by atoms with E-state index in [0.717, 1.165) is 21.6 Å². The molecule has 0 saturated heterocycles. The van der Waals surface area contributed by atoms with Crippen molar-refractivity contribution < 1.29 is 0 Å². The molecule has 0 aliphatic carbocycles. The third-order valence-electron chi connectivity index (χ3n) is 2.40. The highest BCUT2D eigenvalue weighted by atomic mass is 32.2. The Kier molecular flexibility index (Phi) is 2.82. The first-order valence-electron chi connectivity index (χ1n) is 4.95. The van der Waals surface area contributed by atoms with Crippen LogP contribution in [0.1, 0.15) is 6.92 Å². The molecule has 1 heterocycles. The molecule has 2 aromatic rings. The molecule has 1 aromatic heterocycles. The third-order valence-corrected chi connectivity index (χ3v) is 3.37. The zero-order chi connectivity index (χ0) is 10.8. The molecule has 3 heteroatoms. The van der Waals surface area contributed by atoms with E-state index in [2.05, 4.69) is 13.0 Å². The minimum absolute atomic E-state index is 0.0871. The SMILES string of the molecule is CCSc1cc2ccccc2c(=O)n1C. The number of aromatic nitrogens is 1. The van der Waals surface area contributed by atoms with Crippen LogP contribution in [-0.2, 0) is 7.05 Å². The molecule has 0 N–H and O–H groups in total. The van der Waals surface area contributed by atoms with Gasteiger partial charge in [-0.1, -0.05) is 25.1 Å². The molecule has 0 amide bonds. The lowest BCUT2D eigenvalue weighted by Crippen LogP contribution is -2.18. The molecule has 0 aliphatic heterocycles. The Labute approximate surface area is 92.9 Å². The van der Waals surface area contributed by atoms with Crippen LogP contribution in [0.3, 0.4) is 0 Å². The van der Waals surface area contributed by atoms with Gasteiger partial charge in [-0.3, -0.25) is 4.79 Å². The number of pyridine rings is 1. The molecule has 2 rings (SSSR count). The highest BCUT2D eigenvalue weighted by Crippen LogP contribution is 2.19. The second-order valence-corrected chi connectivity index (χ2v) is 4.65. The molecule has 0 unspecified atom stereocenters. The van der Waals surface area contributed by atoms with Gasteiger partial charge in [-0.05, 0) is 23.3 Å². The minimum atomic E-state index is 0.0871. The fourth-order valence-electron chi connectivity index (χ4n) is 1.61. The summed E-state index contributed by atoms with van der Waals surface area (Å²) in [4.78, 5) is 12.0. The van der Waals surface area contributed by atoms with Crippen molar-refractivity contribution in [2.24, 2.45) is 7.05 Å². The summed E-state index contributed by atoms with van der Waals surface area (Å²) in [6.45, 7) is 2.09. The van der Waals surface area contributed by atoms with Crippen molar-refractivity contribution in [1.29, 1.82) is 0 Å². The lowest BCUT2D eigenvalue weighted by atomic mass is 10.2. The van der Waals surface area contributed by atoms with Gasteiger partial charge in [0.05, 0.1) is 5.03 Å². The molecule has 78 valence electrons. The van der Waals surface area contributed by atoms with Crippen LogP contribution in [-0.4, -0.2) is 10.3 Å². The number of hydrogen-bond acceptors (Lipinski definition) is 2. The topological polar surface area (TPSA) is 22.0 Å². The van der Waals surface area contributed by atoms with Gasteiger partial charge in [-0.2, -0.15) is 0 Å². The van der Waals surface area contributed by atoms with Crippen LogP contribution in [0.2, 0.25) is 0 Å². The van der Waals surface area contributed by atoms with Gasteiger partial charge >= 0.3 is 0 Å². The summed E-state index contributed by atoms with van der Waals surface area (Å²) >= 11 is 1.69. The van der Waals surface area contributed by atoms with Crippen LogP contribution in [0.25, 0.3) is 10.8 Å². The Morgan fingerprint density at radius 2 is 2.07 bits per heavy atom. The zero-order valence-electron chi connectivity index (χ0n) is 8.86. The largest absolute Gasteiger partial charge is 0.306 e. The molecule has 0 saturated carbocycles. The summed E-state index contributed by atoms with van der Waals surface area (Å²) in [6, 6.07) is 9.79. The molecule has 0 bridgehead atoms. The van der Waals surface area contributed by atoms with Crippen molar-refractivity contribution in [1.82, 2.24) is 4.57 Å². The number of nitrogens with zero attached hydrogens (tertiary/aromatic N) is 1. The molecule has 0 radical (unpaired) electrons. The Morgan fingerprint density at radius 3 is 2.80 bits per heavy atom. The van der Waals surface area contributed by atoms with Crippen molar-refractivity contribution in [3.63, 3.8) is 0 Å². The molecule has 0 atom stereocenters. The summed E-state index contributed by atoms with van der Waals surface area (Å²) in [5.41, 5.74) is 0.0871. The predicted molar refractivity (Wildman–Crippen MR) is 65.6 cm³/mol. The first kappa shape index (κ1) is 10.3. The lowest BCUT2D eigenvalue weighted by molar-refractivity contribution is 0.777. The van der Waals surface area contributed by atoms with Crippen LogP contribution in [0.5, 0.6) is 0 Å². The van der Waals surface area contributed by atoms with Gasteiger partial charge in [0.1, 0.15) is 0 Å². The van der Waals surface area contributed by atoms with Gasteiger partial charge in [0, 0.05) is 12.4 Å². The summed E-state index contributed by atoms with van der Waals surface area (Å²) in [7, 11) is 1.83. The first-order valence-corrected chi connectivity index (χ1v) is 5.94. The smallest absolute Gasteiger partial charge is 0.259 e. The quantitative estimate of drug-likeness (QED) is 0.724. The Balaban J connectivity index is 2.77. The lowest BCUT2D eigenvalue weighted by Gasteiger charge is -2.08. The van der Waals surface area contributed by atoms with Crippen LogP contribution in [0, 0.1) is 0 Å². The Bertz CT molecular complexity index is 545. The van der Waals surface area contributed by atoms with Crippen LogP contribution >= 0.6 is 11.8 Å². The van der Waals surface area contributed by atoms with Crippen LogP contribution in [0.15, 0.2) is 40.2 Å². The Hall–Kier alpha value is -1.22. The van der Waals surface area contributed by atoms with E-state index in [-0.39, 0.29) is 5.56 Å². The van der Waals surface area contributed by atoms with Crippen LogP contribution < -0.4 is 5.56 Å². The van der Waals surface area contributed by atoms with Crippen molar-refractivity contribution >= 4 is 22.5 Å². The second-order valence-electron chi connectivity index (χ2n) is 3.37. The number of fused-ring (bicyclic) bond motifs is 1. The molecule has 0 aliphatic rings. The molecule has 0 fully saturated rings. The fourth-order valence-corrected chi connectivity index (χ4v) is 2.40. The van der Waals surface area contributed by atoms with Crippen LogP contribution in [0.4, 0.5) is 0 Å². The first-order chi connectivity index (χ1) is 7.24. The van der Waals surface area contributed by atoms with Gasteiger partial charge in [-0.15, -0.1) is 11.8 Å². The van der Waals surface area contributed by atoms with E-state index in [0.29, 0.717) is 0 Å². The second kappa shape index (κ2) is 4.11. The number of thioether (sulfide) groups is 1. The van der Waals surface area contributed by atoms with E-state index < -0.39 is 0 Å². The number of rotatable bonds is 2. The van der Waals surface area contributed by atoms with Crippen molar-refractivity contribution in [2.45, 2.75) is 11.9 Å². The zero-order valence-corrected chi connectivity index (χ0v) is 9.67. The standard InChI is InChI=1S/C12H13NOS/c1-3-15-11-8-9-6-4-5-7-10(9)12(14)13(11)2/h4-8H,3H2,1-2H3. The molecule has 1 aromatic carbocycles. The third kappa shape index (κ3) is 1.79. The number of hydrogen-bond donors (Lipinski definition) is 0. The molecular formula is C12H13NOS. The van der Waals surface area contributed by atoms with Gasteiger partial charge < -0.3 is 4.57 Å². The highest BCUT2D eigenvalue weighted by molar-refractivity contribution is 7.99. The Morgan fingerprint density at radius 1 is 1.33 bits per heavy atom. The highest BCUT2D eigenvalue weighted by Gasteiger charge is 2.04. The summed E-state index contributed by atoms with van der Waals surface area (Å²) in [5, 5.41) is 2.85. The van der Waals surface area contributed by atoms with E-state index in [4.69, 9.17) is 0 Å². The normalized spacial score (nSPS) is 10.8. The van der Waals surface area contributed by atoms with E-state index in [1.807, 2.05) is 31.3 Å². The van der Waals surface area contributed by atoms with Gasteiger partial charge in [-0.25, -0.2) is 0 Å². The predicted octanol–water partition coefficient (Wildman–Crippen LogP) is 2.65. The van der Waals surface area contributed by atoms with Gasteiger partial charge in [0.15, 0.2) is 0 Å². The fraction of sp³-hybridized carbons (Fsp3) is 0.250. The molecule has 2 nitrogen and oxygen atoms in total. The molecule has 15 heavy (non-hydrogen) atoms.